The van der Waals surface area contributed by atoms with E-state index in [1.165, 1.54) is 11.1 Å². The highest BCUT2D eigenvalue weighted by atomic mass is 79.9. The Morgan fingerprint density at radius 3 is 2.41 bits per heavy atom. The zero-order chi connectivity index (χ0) is 15.5. The third kappa shape index (κ3) is 3.22. The summed E-state index contributed by atoms with van der Waals surface area (Å²) in [6, 6.07) is 16.8. The van der Waals surface area contributed by atoms with Gasteiger partial charge in [-0.3, -0.25) is 0 Å². The molecule has 3 nitrogen and oxygen atoms in total. The maximum Gasteiger partial charge on any atom is 0.203 e. The van der Waals surface area contributed by atoms with E-state index in [0.29, 0.717) is 0 Å². The first-order valence-corrected chi connectivity index (χ1v) is 8.00. The lowest BCUT2D eigenvalue weighted by atomic mass is 10.1. The highest BCUT2D eigenvalue weighted by molar-refractivity contribution is 9.10. The highest BCUT2D eigenvalue weighted by Gasteiger charge is 2.08. The third-order valence-electron chi connectivity index (χ3n) is 3.70. The van der Waals surface area contributed by atoms with Gasteiger partial charge in [0, 0.05) is 18.1 Å². The zero-order valence-corrected chi connectivity index (χ0v) is 14.3. The van der Waals surface area contributed by atoms with Crippen molar-refractivity contribution in [3.05, 3.63) is 70.3 Å². The van der Waals surface area contributed by atoms with Crippen LogP contribution < -0.4 is 5.32 Å². The monoisotopic (exact) mass is 355 g/mol. The number of nitrogens with zero attached hydrogens (tertiary/aromatic N) is 2. The Hall–Kier alpha value is -2.07. The summed E-state index contributed by atoms with van der Waals surface area (Å²) in [5, 5.41) is 3.39. The molecule has 0 unspecified atom stereocenters. The van der Waals surface area contributed by atoms with E-state index in [1.807, 2.05) is 25.4 Å². The number of hydrogen-bond acceptors (Lipinski definition) is 2. The minimum absolute atomic E-state index is 0.769. The van der Waals surface area contributed by atoms with E-state index < -0.39 is 0 Å². The molecule has 1 aromatic heterocycles. The SMILES string of the molecule is Cc1ccc(CNc2ncc(-c3ccc(Br)cc3)n2C)cc1. The fraction of sp³-hybridized carbons (Fsp3) is 0.167. The van der Waals surface area contributed by atoms with Crippen LogP contribution in [0.1, 0.15) is 11.1 Å². The molecule has 0 saturated carbocycles. The van der Waals surface area contributed by atoms with Gasteiger partial charge in [0.05, 0.1) is 11.9 Å². The predicted octanol–water partition coefficient (Wildman–Crippen LogP) is 4.77. The summed E-state index contributed by atoms with van der Waals surface area (Å²) in [5.74, 6) is 0.874. The third-order valence-corrected chi connectivity index (χ3v) is 4.23. The minimum Gasteiger partial charge on any atom is -0.352 e. The average molecular weight is 356 g/mol. The van der Waals surface area contributed by atoms with Crippen LogP contribution >= 0.6 is 15.9 Å². The van der Waals surface area contributed by atoms with Crippen LogP contribution in [0.4, 0.5) is 5.95 Å². The van der Waals surface area contributed by atoms with E-state index in [0.717, 1.165) is 28.2 Å². The first-order chi connectivity index (χ1) is 10.6. The lowest BCUT2D eigenvalue weighted by molar-refractivity contribution is 0.906. The van der Waals surface area contributed by atoms with E-state index in [9.17, 15) is 0 Å². The van der Waals surface area contributed by atoms with Crippen LogP contribution in [-0.4, -0.2) is 9.55 Å². The Kier molecular flexibility index (Phi) is 4.29. The molecule has 3 aromatic rings. The van der Waals surface area contributed by atoms with Crippen LogP contribution in [0.3, 0.4) is 0 Å². The van der Waals surface area contributed by atoms with Crippen molar-refractivity contribution in [2.45, 2.75) is 13.5 Å². The number of rotatable bonds is 4. The second-order valence-electron chi connectivity index (χ2n) is 5.37. The van der Waals surface area contributed by atoms with E-state index in [1.54, 1.807) is 0 Å². The summed E-state index contributed by atoms with van der Waals surface area (Å²) in [7, 11) is 2.03. The lowest BCUT2D eigenvalue weighted by Crippen LogP contribution is -2.05. The van der Waals surface area contributed by atoms with Gasteiger partial charge in [0.1, 0.15) is 0 Å². The molecule has 0 bridgehead atoms. The fourth-order valence-electron chi connectivity index (χ4n) is 2.35. The van der Waals surface area contributed by atoms with Crippen molar-refractivity contribution in [2.24, 2.45) is 7.05 Å². The first-order valence-electron chi connectivity index (χ1n) is 7.20. The molecule has 1 N–H and O–H groups in total. The number of halogens is 1. The summed E-state index contributed by atoms with van der Waals surface area (Å²) >= 11 is 3.46. The van der Waals surface area contributed by atoms with Crippen molar-refractivity contribution >= 4 is 21.9 Å². The Morgan fingerprint density at radius 2 is 1.73 bits per heavy atom. The van der Waals surface area contributed by atoms with Gasteiger partial charge in [0.2, 0.25) is 5.95 Å². The molecule has 0 aliphatic rings. The second kappa shape index (κ2) is 6.36. The summed E-state index contributed by atoms with van der Waals surface area (Å²) < 4.78 is 3.16. The molecule has 0 amide bonds. The van der Waals surface area contributed by atoms with Crippen LogP contribution in [-0.2, 0) is 13.6 Å². The fourth-order valence-corrected chi connectivity index (χ4v) is 2.61. The zero-order valence-electron chi connectivity index (χ0n) is 12.7. The summed E-state index contributed by atoms with van der Waals surface area (Å²) in [6.45, 7) is 2.87. The molecule has 4 heteroatoms. The maximum absolute atomic E-state index is 4.49. The maximum atomic E-state index is 4.49. The molecule has 0 atom stereocenters. The molecule has 0 aliphatic carbocycles. The first kappa shape index (κ1) is 14.9. The number of hydrogen-bond donors (Lipinski definition) is 1. The standard InChI is InChI=1S/C18H18BrN3/c1-13-3-5-14(6-4-13)11-20-18-21-12-17(22(18)2)15-7-9-16(19)10-8-15/h3-10,12H,11H2,1-2H3,(H,20,21). The summed E-state index contributed by atoms with van der Waals surface area (Å²) in [5.41, 5.74) is 4.78. The predicted molar refractivity (Wildman–Crippen MR) is 94.8 cm³/mol. The molecular formula is C18H18BrN3. The van der Waals surface area contributed by atoms with Gasteiger partial charge in [-0.15, -0.1) is 0 Å². The molecule has 0 radical (unpaired) electrons. The van der Waals surface area contributed by atoms with Crippen molar-refractivity contribution in [1.29, 1.82) is 0 Å². The van der Waals surface area contributed by atoms with Crippen molar-refractivity contribution in [2.75, 3.05) is 5.32 Å². The van der Waals surface area contributed by atoms with Gasteiger partial charge in [-0.25, -0.2) is 4.98 Å². The average Bonchev–Trinajstić information content (AvgIpc) is 2.89. The van der Waals surface area contributed by atoms with E-state index in [-0.39, 0.29) is 0 Å². The number of anilines is 1. The van der Waals surface area contributed by atoms with Gasteiger partial charge >= 0.3 is 0 Å². The Labute approximate surface area is 139 Å². The molecule has 0 saturated heterocycles. The normalized spacial score (nSPS) is 10.7. The van der Waals surface area contributed by atoms with Gasteiger partial charge in [0.25, 0.3) is 0 Å². The molecule has 112 valence electrons. The molecule has 0 fully saturated rings. The molecule has 3 rings (SSSR count). The van der Waals surface area contributed by atoms with Gasteiger partial charge in [-0.05, 0) is 30.2 Å². The molecule has 2 aromatic carbocycles. The quantitative estimate of drug-likeness (QED) is 0.730. The molecule has 22 heavy (non-hydrogen) atoms. The van der Waals surface area contributed by atoms with Crippen molar-refractivity contribution < 1.29 is 0 Å². The Morgan fingerprint density at radius 1 is 1.05 bits per heavy atom. The Balaban J connectivity index is 1.75. The van der Waals surface area contributed by atoms with E-state index >= 15 is 0 Å². The largest absolute Gasteiger partial charge is 0.352 e. The smallest absolute Gasteiger partial charge is 0.203 e. The van der Waals surface area contributed by atoms with Gasteiger partial charge in [-0.1, -0.05) is 57.9 Å². The number of aryl methyl sites for hydroxylation is 1. The van der Waals surface area contributed by atoms with Crippen molar-refractivity contribution in [1.82, 2.24) is 9.55 Å². The highest BCUT2D eigenvalue weighted by Crippen LogP contribution is 2.23. The number of benzene rings is 2. The molecular weight excluding hydrogens is 338 g/mol. The van der Waals surface area contributed by atoms with E-state index in [4.69, 9.17) is 0 Å². The van der Waals surface area contributed by atoms with Crippen LogP contribution in [0.25, 0.3) is 11.3 Å². The van der Waals surface area contributed by atoms with Crippen LogP contribution in [0.5, 0.6) is 0 Å². The molecule has 1 heterocycles. The van der Waals surface area contributed by atoms with Crippen molar-refractivity contribution in [3.8, 4) is 11.3 Å². The second-order valence-corrected chi connectivity index (χ2v) is 6.29. The Bertz CT molecular complexity index is 758. The minimum atomic E-state index is 0.769. The van der Waals surface area contributed by atoms with Gasteiger partial charge in [-0.2, -0.15) is 0 Å². The lowest BCUT2D eigenvalue weighted by Gasteiger charge is -2.09. The van der Waals surface area contributed by atoms with Crippen LogP contribution in [0, 0.1) is 6.92 Å². The molecule has 0 spiro atoms. The summed E-state index contributed by atoms with van der Waals surface area (Å²) in [4.78, 5) is 4.49. The summed E-state index contributed by atoms with van der Waals surface area (Å²) in [6.07, 6.45) is 1.90. The van der Waals surface area contributed by atoms with Crippen molar-refractivity contribution in [3.63, 3.8) is 0 Å². The number of nitrogens with one attached hydrogen (secondary N) is 1. The van der Waals surface area contributed by atoms with Crippen LogP contribution in [0.15, 0.2) is 59.2 Å². The number of imidazole rings is 1. The van der Waals surface area contributed by atoms with Gasteiger partial charge < -0.3 is 9.88 Å². The molecule has 0 aliphatic heterocycles. The number of aromatic nitrogens is 2. The van der Waals surface area contributed by atoms with E-state index in [2.05, 4.69) is 74.1 Å². The van der Waals surface area contributed by atoms with Crippen LogP contribution in [0.2, 0.25) is 0 Å². The van der Waals surface area contributed by atoms with Gasteiger partial charge in [0.15, 0.2) is 0 Å². The topological polar surface area (TPSA) is 29.9 Å².